The molecule has 0 unspecified atom stereocenters. The van der Waals surface area contributed by atoms with Gasteiger partial charge in [0, 0.05) is 24.2 Å². The van der Waals surface area contributed by atoms with E-state index in [9.17, 15) is 9.59 Å². The molecule has 0 bridgehead atoms. The Hall–Kier alpha value is -2.38. The molecule has 22 heavy (non-hydrogen) atoms. The Morgan fingerprint density at radius 2 is 2.23 bits per heavy atom. The van der Waals surface area contributed by atoms with E-state index in [1.54, 1.807) is 4.90 Å². The standard InChI is InChI=1S/C14H20N6O2/c1-8(2)13-17-16-11-7-19(6-9(3)20(11)13)12(21)4-10-5-15-18-14(10)22/h5,8-9H,4,6-7H2,1-3H3,(H2,15,18,22)/t9-/m0/s1. The minimum Gasteiger partial charge on any atom is -0.333 e. The lowest BCUT2D eigenvalue weighted by Crippen LogP contribution is -2.41. The molecule has 8 nitrogen and oxygen atoms in total. The number of rotatable bonds is 3. The van der Waals surface area contributed by atoms with Crippen LogP contribution in [0, 0.1) is 0 Å². The highest BCUT2D eigenvalue weighted by Crippen LogP contribution is 2.25. The van der Waals surface area contributed by atoms with Gasteiger partial charge in [0.05, 0.1) is 19.0 Å². The van der Waals surface area contributed by atoms with Gasteiger partial charge in [0.1, 0.15) is 5.82 Å². The molecule has 0 fully saturated rings. The van der Waals surface area contributed by atoms with Gasteiger partial charge in [-0.15, -0.1) is 10.2 Å². The monoisotopic (exact) mass is 304 g/mol. The molecule has 0 saturated heterocycles. The average Bonchev–Trinajstić information content (AvgIpc) is 3.06. The Morgan fingerprint density at radius 1 is 1.45 bits per heavy atom. The highest BCUT2D eigenvalue weighted by Gasteiger charge is 2.30. The van der Waals surface area contributed by atoms with Gasteiger partial charge in [0.15, 0.2) is 5.82 Å². The lowest BCUT2D eigenvalue weighted by atomic mass is 10.1. The first-order valence-corrected chi connectivity index (χ1v) is 7.43. The minimum absolute atomic E-state index is 0.0719. The summed E-state index contributed by atoms with van der Waals surface area (Å²) in [6.45, 7) is 7.26. The van der Waals surface area contributed by atoms with Gasteiger partial charge >= 0.3 is 0 Å². The van der Waals surface area contributed by atoms with E-state index in [0.717, 1.165) is 11.6 Å². The molecule has 1 amide bonds. The quantitative estimate of drug-likeness (QED) is 0.865. The molecule has 3 heterocycles. The van der Waals surface area contributed by atoms with E-state index in [1.807, 2.05) is 0 Å². The number of carbonyl (C=O) groups is 1. The molecular formula is C14H20N6O2. The van der Waals surface area contributed by atoms with Gasteiger partial charge in [0.2, 0.25) is 5.91 Å². The van der Waals surface area contributed by atoms with Crippen molar-refractivity contribution in [2.24, 2.45) is 0 Å². The van der Waals surface area contributed by atoms with Crippen LogP contribution in [0.15, 0.2) is 11.0 Å². The highest BCUT2D eigenvalue weighted by molar-refractivity contribution is 5.78. The maximum atomic E-state index is 12.4. The van der Waals surface area contributed by atoms with Crippen LogP contribution < -0.4 is 5.56 Å². The first kappa shape index (κ1) is 14.6. The van der Waals surface area contributed by atoms with Crippen molar-refractivity contribution in [2.75, 3.05) is 6.54 Å². The van der Waals surface area contributed by atoms with Crippen LogP contribution in [0.3, 0.4) is 0 Å². The van der Waals surface area contributed by atoms with E-state index in [1.165, 1.54) is 6.20 Å². The zero-order chi connectivity index (χ0) is 15.9. The summed E-state index contributed by atoms with van der Waals surface area (Å²) in [5, 5.41) is 13.5. The van der Waals surface area contributed by atoms with Crippen LogP contribution in [0.5, 0.6) is 0 Å². The van der Waals surface area contributed by atoms with Crippen molar-refractivity contribution in [1.82, 2.24) is 29.9 Å². The Bertz CT molecular complexity index is 741. The van der Waals surface area contributed by atoms with Crippen LogP contribution in [0.1, 0.15) is 49.9 Å². The number of hydrogen-bond donors (Lipinski definition) is 2. The SMILES string of the molecule is CC(C)c1nnc2n1[C@@H](C)CN(C(=O)Cc1c[nH][nH]c1=O)C2. The number of aromatic amines is 2. The summed E-state index contributed by atoms with van der Waals surface area (Å²) in [4.78, 5) is 25.7. The van der Waals surface area contributed by atoms with Crippen LogP contribution in [0.4, 0.5) is 0 Å². The van der Waals surface area contributed by atoms with Crippen LogP contribution in [0.25, 0.3) is 0 Å². The van der Waals surface area contributed by atoms with E-state index < -0.39 is 0 Å². The minimum atomic E-state index is -0.247. The molecule has 0 spiro atoms. The van der Waals surface area contributed by atoms with E-state index in [-0.39, 0.29) is 23.9 Å². The van der Waals surface area contributed by atoms with E-state index in [2.05, 4.69) is 45.7 Å². The summed E-state index contributed by atoms with van der Waals surface area (Å²) in [5.74, 6) is 1.98. The number of hydrogen-bond acceptors (Lipinski definition) is 4. The van der Waals surface area contributed by atoms with Gasteiger partial charge in [-0.1, -0.05) is 13.8 Å². The lowest BCUT2D eigenvalue weighted by molar-refractivity contribution is -0.132. The molecule has 1 atom stereocenters. The predicted octanol–water partition coefficient (Wildman–Crippen LogP) is 0.564. The fourth-order valence-electron chi connectivity index (χ4n) is 2.89. The molecule has 118 valence electrons. The first-order chi connectivity index (χ1) is 10.5. The number of nitrogens with one attached hydrogen (secondary N) is 2. The Morgan fingerprint density at radius 3 is 2.86 bits per heavy atom. The second-order valence-corrected chi connectivity index (χ2v) is 6.07. The van der Waals surface area contributed by atoms with Gasteiger partial charge < -0.3 is 14.6 Å². The van der Waals surface area contributed by atoms with E-state index in [4.69, 9.17) is 0 Å². The van der Waals surface area contributed by atoms with Crippen molar-refractivity contribution in [2.45, 2.75) is 45.7 Å². The summed E-state index contributed by atoms with van der Waals surface area (Å²) in [6.07, 6.45) is 1.63. The smallest absolute Gasteiger partial charge is 0.267 e. The third-order valence-corrected chi connectivity index (χ3v) is 3.98. The molecule has 3 rings (SSSR count). The lowest BCUT2D eigenvalue weighted by Gasteiger charge is -2.33. The van der Waals surface area contributed by atoms with Crippen molar-refractivity contribution < 1.29 is 4.79 Å². The largest absolute Gasteiger partial charge is 0.333 e. The summed E-state index contributed by atoms with van der Waals surface area (Å²) < 4.78 is 2.12. The van der Waals surface area contributed by atoms with Crippen molar-refractivity contribution in [1.29, 1.82) is 0 Å². The number of fused-ring (bicyclic) bond motifs is 1. The van der Waals surface area contributed by atoms with Crippen molar-refractivity contribution in [3.63, 3.8) is 0 Å². The number of nitrogens with zero attached hydrogens (tertiary/aromatic N) is 4. The molecule has 0 radical (unpaired) electrons. The molecular weight excluding hydrogens is 284 g/mol. The topological polar surface area (TPSA) is 99.7 Å². The van der Waals surface area contributed by atoms with Gasteiger partial charge in [-0.25, -0.2) is 0 Å². The molecule has 0 aliphatic carbocycles. The molecule has 1 aliphatic rings. The Kier molecular flexibility index (Phi) is 3.59. The molecule has 0 aromatic carbocycles. The fraction of sp³-hybridized carbons (Fsp3) is 0.571. The third kappa shape index (κ3) is 2.44. The highest BCUT2D eigenvalue weighted by atomic mass is 16.2. The summed E-state index contributed by atoms with van der Waals surface area (Å²) in [6, 6.07) is 0.129. The zero-order valence-electron chi connectivity index (χ0n) is 13.0. The maximum absolute atomic E-state index is 12.4. The molecule has 0 saturated carbocycles. The summed E-state index contributed by atoms with van der Waals surface area (Å²) >= 11 is 0. The van der Waals surface area contributed by atoms with Crippen LogP contribution in [-0.2, 0) is 17.8 Å². The van der Waals surface area contributed by atoms with Crippen LogP contribution >= 0.6 is 0 Å². The van der Waals surface area contributed by atoms with E-state index in [0.29, 0.717) is 24.6 Å². The molecule has 2 N–H and O–H groups in total. The van der Waals surface area contributed by atoms with Crippen molar-refractivity contribution in [3.8, 4) is 0 Å². The summed E-state index contributed by atoms with van der Waals surface area (Å²) in [5.41, 5.74) is 0.205. The first-order valence-electron chi connectivity index (χ1n) is 7.43. The van der Waals surface area contributed by atoms with Gasteiger partial charge in [-0.2, -0.15) is 0 Å². The number of amides is 1. The number of H-pyrrole nitrogens is 2. The second-order valence-electron chi connectivity index (χ2n) is 6.07. The predicted molar refractivity (Wildman–Crippen MR) is 79.4 cm³/mol. The van der Waals surface area contributed by atoms with Crippen LogP contribution in [-0.4, -0.2) is 42.3 Å². The zero-order valence-corrected chi connectivity index (χ0v) is 13.0. The molecule has 2 aromatic rings. The number of carbonyl (C=O) groups excluding carboxylic acids is 1. The molecule has 1 aliphatic heterocycles. The normalized spacial score (nSPS) is 17.8. The van der Waals surface area contributed by atoms with Gasteiger partial charge in [0.25, 0.3) is 5.56 Å². The van der Waals surface area contributed by atoms with E-state index >= 15 is 0 Å². The van der Waals surface area contributed by atoms with Gasteiger partial charge in [-0.3, -0.25) is 14.7 Å². The molecule has 8 heteroatoms. The fourth-order valence-corrected chi connectivity index (χ4v) is 2.89. The maximum Gasteiger partial charge on any atom is 0.267 e. The van der Waals surface area contributed by atoms with Crippen LogP contribution in [0.2, 0.25) is 0 Å². The van der Waals surface area contributed by atoms with Crippen molar-refractivity contribution >= 4 is 5.91 Å². The van der Waals surface area contributed by atoms with Gasteiger partial charge in [-0.05, 0) is 6.92 Å². The Balaban J connectivity index is 1.79. The molecule has 2 aromatic heterocycles. The second kappa shape index (κ2) is 5.43. The Labute approximate surface area is 127 Å². The van der Waals surface area contributed by atoms with Crippen molar-refractivity contribution in [3.05, 3.63) is 33.8 Å². The number of aromatic nitrogens is 5. The summed E-state index contributed by atoms with van der Waals surface area (Å²) in [7, 11) is 0. The average molecular weight is 304 g/mol. The third-order valence-electron chi connectivity index (χ3n) is 3.98.